The van der Waals surface area contributed by atoms with Gasteiger partial charge in [0, 0.05) is 29.8 Å². The van der Waals surface area contributed by atoms with Crippen LogP contribution in [-0.4, -0.2) is 20.1 Å². The predicted octanol–water partition coefficient (Wildman–Crippen LogP) is 2.97. The summed E-state index contributed by atoms with van der Waals surface area (Å²) in [4.78, 5) is 12.7. The van der Waals surface area contributed by atoms with E-state index < -0.39 is 0 Å². The van der Waals surface area contributed by atoms with Crippen LogP contribution in [-0.2, 0) is 0 Å². The van der Waals surface area contributed by atoms with Crippen LogP contribution in [0.2, 0.25) is 0 Å². The Morgan fingerprint density at radius 1 is 1.10 bits per heavy atom. The molecule has 0 saturated heterocycles. The monoisotopic (exact) mass is 269 g/mol. The van der Waals surface area contributed by atoms with E-state index in [1.165, 1.54) is 0 Å². The number of hydrogen-bond acceptors (Lipinski definition) is 6. The van der Waals surface area contributed by atoms with E-state index in [0.29, 0.717) is 11.7 Å². The Kier molecular flexibility index (Phi) is 3.86. The van der Waals surface area contributed by atoms with Crippen LogP contribution in [0.25, 0.3) is 22.8 Å². The summed E-state index contributed by atoms with van der Waals surface area (Å²) in [5, 5.41) is 4.02. The lowest BCUT2D eigenvalue weighted by Gasteiger charge is -2.02. The number of aryl methyl sites for hydroxylation is 1. The van der Waals surface area contributed by atoms with Gasteiger partial charge in [-0.05, 0) is 37.6 Å². The first-order valence-electron chi connectivity index (χ1n) is 5.92. The third-order valence-corrected chi connectivity index (χ3v) is 3.03. The molecule has 0 fully saturated rings. The van der Waals surface area contributed by atoms with Crippen molar-refractivity contribution >= 4 is 0 Å². The maximum atomic E-state index is 5.28. The van der Waals surface area contributed by atoms with Gasteiger partial charge < -0.3 is 10.7 Å². The van der Waals surface area contributed by atoms with E-state index in [0.717, 1.165) is 22.4 Å². The van der Waals surface area contributed by atoms with Crippen molar-refractivity contribution in [3.05, 3.63) is 48.0 Å². The topological polar surface area (TPSA) is 99.7 Å². The van der Waals surface area contributed by atoms with Gasteiger partial charge in [-0.1, -0.05) is 5.16 Å². The fourth-order valence-corrected chi connectivity index (χ4v) is 1.82. The number of nitrogens with zero attached hydrogens (tertiary/aromatic N) is 4. The maximum Gasteiger partial charge on any atom is 0.259 e. The molecule has 0 aliphatic rings. The number of pyridine rings is 2. The Morgan fingerprint density at radius 3 is 2.70 bits per heavy atom. The van der Waals surface area contributed by atoms with Gasteiger partial charge in [0.15, 0.2) is 0 Å². The van der Waals surface area contributed by atoms with E-state index in [9.17, 15) is 0 Å². The highest BCUT2D eigenvalue weighted by Gasteiger charge is 2.13. The molecule has 6 nitrogen and oxygen atoms in total. The smallest absolute Gasteiger partial charge is 0.259 e. The molecule has 3 aromatic rings. The van der Waals surface area contributed by atoms with Crippen molar-refractivity contribution in [2.45, 2.75) is 13.8 Å². The maximum absolute atomic E-state index is 5.28. The van der Waals surface area contributed by atoms with Crippen LogP contribution in [0.1, 0.15) is 11.3 Å². The van der Waals surface area contributed by atoms with Crippen molar-refractivity contribution in [2.24, 2.45) is 0 Å². The van der Waals surface area contributed by atoms with Gasteiger partial charge in [0.2, 0.25) is 5.82 Å². The quantitative estimate of drug-likeness (QED) is 0.767. The zero-order chi connectivity index (χ0) is 13.2. The molecule has 0 unspecified atom stereocenters. The first kappa shape index (κ1) is 13.8. The molecule has 0 atom stereocenters. The van der Waals surface area contributed by atoms with Gasteiger partial charge in [0.1, 0.15) is 0 Å². The van der Waals surface area contributed by atoms with Crippen LogP contribution in [0.15, 0.2) is 41.3 Å². The minimum Gasteiger partial charge on any atom is -0.344 e. The van der Waals surface area contributed by atoms with Crippen LogP contribution in [0.3, 0.4) is 0 Å². The molecule has 102 valence electrons. The summed E-state index contributed by atoms with van der Waals surface area (Å²) in [6.45, 7) is 3.96. The minimum absolute atomic E-state index is 0. The average Bonchev–Trinajstić information content (AvgIpc) is 2.92. The Labute approximate surface area is 116 Å². The summed E-state index contributed by atoms with van der Waals surface area (Å²) >= 11 is 0. The number of hydrogen-bond donors (Lipinski definition) is 1. The fraction of sp³-hybridized carbons (Fsp3) is 0.143. The Hall–Kier alpha value is -2.60. The highest BCUT2D eigenvalue weighted by molar-refractivity contribution is 5.62. The average molecular weight is 269 g/mol. The highest BCUT2D eigenvalue weighted by Crippen LogP contribution is 2.24. The minimum atomic E-state index is 0. The van der Waals surface area contributed by atoms with Crippen molar-refractivity contribution in [3.8, 4) is 22.8 Å². The van der Waals surface area contributed by atoms with Gasteiger partial charge >= 0.3 is 0 Å². The molecule has 0 saturated carbocycles. The third kappa shape index (κ3) is 2.41. The zero-order valence-electron chi connectivity index (χ0n) is 11.4. The molecule has 3 N–H and O–H groups in total. The normalized spacial score (nSPS) is 10.1. The second-order valence-corrected chi connectivity index (χ2v) is 4.23. The highest BCUT2D eigenvalue weighted by atomic mass is 16.5. The number of aromatic nitrogens is 4. The molecule has 6 heteroatoms. The van der Waals surface area contributed by atoms with E-state index >= 15 is 0 Å². The Morgan fingerprint density at radius 2 is 1.95 bits per heavy atom. The second-order valence-electron chi connectivity index (χ2n) is 4.23. The summed E-state index contributed by atoms with van der Waals surface area (Å²) in [7, 11) is 0. The van der Waals surface area contributed by atoms with E-state index in [2.05, 4.69) is 20.1 Å². The van der Waals surface area contributed by atoms with Gasteiger partial charge in [-0.2, -0.15) is 4.98 Å². The molecule has 0 amide bonds. The van der Waals surface area contributed by atoms with E-state index in [4.69, 9.17) is 4.52 Å². The van der Waals surface area contributed by atoms with Crippen molar-refractivity contribution in [1.82, 2.24) is 26.3 Å². The second kappa shape index (κ2) is 5.58. The number of rotatable bonds is 2. The van der Waals surface area contributed by atoms with Crippen LogP contribution in [0.4, 0.5) is 0 Å². The summed E-state index contributed by atoms with van der Waals surface area (Å²) in [6, 6.07) is 5.61. The molecule has 3 aromatic heterocycles. The van der Waals surface area contributed by atoms with Gasteiger partial charge in [0.25, 0.3) is 5.89 Å². The van der Waals surface area contributed by atoms with Crippen LogP contribution >= 0.6 is 0 Å². The van der Waals surface area contributed by atoms with E-state index in [-0.39, 0.29) is 6.15 Å². The lowest BCUT2D eigenvalue weighted by atomic mass is 10.1. The lowest BCUT2D eigenvalue weighted by molar-refractivity contribution is 0.432. The molecular formula is C14H15N5O. The van der Waals surface area contributed by atoms with Gasteiger partial charge in [-0.3, -0.25) is 9.97 Å². The van der Waals surface area contributed by atoms with E-state index in [1.54, 1.807) is 18.6 Å². The van der Waals surface area contributed by atoms with Crippen LogP contribution < -0.4 is 6.15 Å². The molecular weight excluding hydrogens is 254 g/mol. The standard InChI is InChI=1S/C14H12N4O.H3N/c1-9-10(2)16-7-5-12(9)13-17-14(19-18-13)11-4-3-6-15-8-11;/h3-8H,1-2H3;1H3. The van der Waals surface area contributed by atoms with Crippen LogP contribution in [0.5, 0.6) is 0 Å². The fourth-order valence-electron chi connectivity index (χ4n) is 1.82. The molecule has 3 heterocycles. The van der Waals surface area contributed by atoms with Gasteiger partial charge in [-0.25, -0.2) is 0 Å². The molecule has 0 radical (unpaired) electrons. The molecule has 0 aliphatic heterocycles. The van der Waals surface area contributed by atoms with E-state index in [1.807, 2.05) is 32.0 Å². The van der Waals surface area contributed by atoms with Gasteiger partial charge in [-0.15, -0.1) is 0 Å². The first-order chi connectivity index (χ1) is 9.25. The Bertz CT molecular complexity index is 709. The molecule has 0 spiro atoms. The molecule has 20 heavy (non-hydrogen) atoms. The largest absolute Gasteiger partial charge is 0.344 e. The van der Waals surface area contributed by atoms with Gasteiger partial charge in [0.05, 0.1) is 5.56 Å². The van der Waals surface area contributed by atoms with Crippen molar-refractivity contribution in [1.29, 1.82) is 0 Å². The molecule has 3 rings (SSSR count). The summed E-state index contributed by atoms with van der Waals surface area (Å²) < 4.78 is 5.28. The Balaban J connectivity index is 0.00000147. The first-order valence-corrected chi connectivity index (χ1v) is 5.92. The molecule has 0 aromatic carbocycles. The van der Waals surface area contributed by atoms with Crippen LogP contribution in [0, 0.1) is 13.8 Å². The SMILES string of the molecule is Cc1nccc(-c2noc(-c3cccnc3)n2)c1C.N. The summed E-state index contributed by atoms with van der Waals surface area (Å²) in [5.41, 5.74) is 3.77. The molecule has 0 aliphatic carbocycles. The molecule has 0 bridgehead atoms. The zero-order valence-corrected chi connectivity index (χ0v) is 11.4. The summed E-state index contributed by atoms with van der Waals surface area (Å²) in [5.74, 6) is 1.04. The van der Waals surface area contributed by atoms with Crippen molar-refractivity contribution in [2.75, 3.05) is 0 Å². The lowest BCUT2D eigenvalue weighted by Crippen LogP contribution is -1.91. The third-order valence-electron chi connectivity index (χ3n) is 3.03. The van der Waals surface area contributed by atoms with Crippen molar-refractivity contribution < 1.29 is 4.52 Å². The predicted molar refractivity (Wildman–Crippen MR) is 75.3 cm³/mol. The summed E-state index contributed by atoms with van der Waals surface area (Å²) in [6.07, 6.45) is 5.15. The van der Waals surface area contributed by atoms with Crippen molar-refractivity contribution in [3.63, 3.8) is 0 Å².